The highest BCUT2D eigenvalue weighted by Crippen LogP contribution is 2.31. The number of hydrogen-bond donors (Lipinski definition) is 1. The number of aromatic nitrogens is 1. The minimum Gasteiger partial charge on any atom is -0.347 e. The number of nitrogens with zero attached hydrogens (tertiary/aromatic N) is 2. The molecule has 1 aliphatic rings. The minimum absolute atomic E-state index is 0.419. The number of nitrogens with one attached hydrogen (secondary N) is 1. The average molecular weight is 285 g/mol. The van der Waals surface area contributed by atoms with Crippen LogP contribution in [-0.2, 0) is 0 Å². The van der Waals surface area contributed by atoms with E-state index in [1.54, 1.807) is 0 Å². The first-order valence-corrected chi connectivity index (χ1v) is 8.69. The molecule has 2 rings (SSSR count). The Balaban J connectivity index is 1.96. The van der Waals surface area contributed by atoms with Crippen LogP contribution in [0.5, 0.6) is 0 Å². The molecule has 0 bridgehead atoms. The number of hydrogen-bond acceptors (Lipinski definition) is 5. The summed E-state index contributed by atoms with van der Waals surface area (Å²) in [5.74, 6) is 2.54. The van der Waals surface area contributed by atoms with Gasteiger partial charge in [0.1, 0.15) is 0 Å². The van der Waals surface area contributed by atoms with Crippen LogP contribution in [0.3, 0.4) is 0 Å². The quantitative estimate of drug-likeness (QED) is 0.869. The van der Waals surface area contributed by atoms with Crippen molar-refractivity contribution in [2.45, 2.75) is 38.8 Å². The molecule has 1 N–H and O–H groups in total. The molecule has 1 aliphatic heterocycles. The monoisotopic (exact) mass is 285 g/mol. The highest BCUT2D eigenvalue weighted by Gasteiger charge is 2.22. The third kappa shape index (κ3) is 3.39. The van der Waals surface area contributed by atoms with Crippen LogP contribution in [0, 0.1) is 0 Å². The van der Waals surface area contributed by atoms with E-state index >= 15 is 0 Å². The summed E-state index contributed by atoms with van der Waals surface area (Å²) in [6, 6.07) is 1.09. The van der Waals surface area contributed by atoms with Gasteiger partial charge in [0.2, 0.25) is 0 Å². The van der Waals surface area contributed by atoms with Gasteiger partial charge in [-0.2, -0.15) is 11.8 Å². The molecule has 0 aromatic carbocycles. The molecule has 0 spiro atoms. The highest BCUT2D eigenvalue weighted by molar-refractivity contribution is 7.99. The van der Waals surface area contributed by atoms with E-state index in [1.165, 1.54) is 34.4 Å². The van der Waals surface area contributed by atoms with E-state index in [4.69, 9.17) is 0 Å². The number of anilines is 1. The van der Waals surface area contributed by atoms with E-state index < -0.39 is 0 Å². The molecule has 1 saturated heterocycles. The van der Waals surface area contributed by atoms with Crippen molar-refractivity contribution in [1.29, 1.82) is 0 Å². The maximum absolute atomic E-state index is 4.59. The van der Waals surface area contributed by atoms with Gasteiger partial charge >= 0.3 is 0 Å². The first-order valence-electron chi connectivity index (χ1n) is 6.72. The topological polar surface area (TPSA) is 28.2 Å². The second kappa shape index (κ2) is 6.78. The van der Waals surface area contributed by atoms with Crippen molar-refractivity contribution in [3.63, 3.8) is 0 Å². The smallest absolute Gasteiger partial charge is 0.185 e. The third-order valence-electron chi connectivity index (χ3n) is 3.39. The predicted molar refractivity (Wildman–Crippen MR) is 83.0 cm³/mol. The van der Waals surface area contributed by atoms with Crippen LogP contribution in [0.2, 0.25) is 0 Å². The van der Waals surface area contributed by atoms with E-state index in [-0.39, 0.29) is 0 Å². The fraction of sp³-hybridized carbons (Fsp3) is 0.769. The van der Waals surface area contributed by atoms with E-state index in [2.05, 4.69) is 47.9 Å². The Morgan fingerprint density at radius 1 is 1.61 bits per heavy atom. The Hall–Kier alpha value is -0.260. The fourth-order valence-electron chi connectivity index (χ4n) is 2.09. The molecule has 0 radical (unpaired) electrons. The predicted octanol–water partition coefficient (Wildman–Crippen LogP) is 3.15. The zero-order valence-corrected chi connectivity index (χ0v) is 13.1. The largest absolute Gasteiger partial charge is 0.347 e. The summed E-state index contributed by atoms with van der Waals surface area (Å²) >= 11 is 3.88. The lowest BCUT2D eigenvalue weighted by Gasteiger charge is -2.22. The van der Waals surface area contributed by atoms with Crippen molar-refractivity contribution in [3.05, 3.63) is 11.1 Å². The van der Waals surface area contributed by atoms with Crippen molar-refractivity contribution < 1.29 is 0 Å². The lowest BCUT2D eigenvalue weighted by molar-refractivity contribution is 0.577. The molecular weight excluding hydrogens is 262 g/mol. The van der Waals surface area contributed by atoms with Gasteiger partial charge in [-0.15, -0.1) is 11.3 Å². The Morgan fingerprint density at radius 2 is 2.44 bits per heavy atom. The van der Waals surface area contributed by atoms with Gasteiger partial charge < -0.3 is 10.2 Å². The summed E-state index contributed by atoms with van der Waals surface area (Å²) < 4.78 is 0. The molecule has 2 unspecified atom stereocenters. The SMILES string of the molecule is CCCNC(C)c1cnc(N(C)C2CCSC2)s1. The lowest BCUT2D eigenvalue weighted by atomic mass is 10.2. The maximum atomic E-state index is 4.59. The average Bonchev–Trinajstić information content (AvgIpc) is 3.05. The molecule has 3 nitrogen and oxygen atoms in total. The highest BCUT2D eigenvalue weighted by atomic mass is 32.2. The molecule has 1 aromatic heterocycles. The van der Waals surface area contributed by atoms with E-state index in [0.717, 1.165) is 6.54 Å². The Labute approximate surface area is 118 Å². The number of thiazole rings is 1. The van der Waals surface area contributed by atoms with Crippen LogP contribution < -0.4 is 10.2 Å². The number of rotatable bonds is 6. The van der Waals surface area contributed by atoms with Crippen LogP contribution in [0.4, 0.5) is 5.13 Å². The van der Waals surface area contributed by atoms with Crippen LogP contribution in [-0.4, -0.2) is 36.1 Å². The van der Waals surface area contributed by atoms with Gasteiger partial charge in [-0.05, 0) is 32.1 Å². The summed E-state index contributed by atoms with van der Waals surface area (Å²) in [7, 11) is 2.18. The molecular formula is C13H23N3S2. The van der Waals surface area contributed by atoms with Crippen molar-refractivity contribution in [1.82, 2.24) is 10.3 Å². The summed E-state index contributed by atoms with van der Waals surface area (Å²) in [5.41, 5.74) is 0. The van der Waals surface area contributed by atoms with Crippen molar-refractivity contribution in [2.24, 2.45) is 0 Å². The van der Waals surface area contributed by atoms with Crippen LogP contribution in [0.15, 0.2) is 6.20 Å². The van der Waals surface area contributed by atoms with E-state index in [9.17, 15) is 0 Å². The first kappa shape index (κ1) is 14.2. The Kier molecular flexibility index (Phi) is 5.33. The van der Waals surface area contributed by atoms with Gasteiger partial charge in [0.15, 0.2) is 5.13 Å². The van der Waals surface area contributed by atoms with E-state index in [0.29, 0.717) is 12.1 Å². The van der Waals surface area contributed by atoms with Gasteiger partial charge in [0.25, 0.3) is 0 Å². The van der Waals surface area contributed by atoms with Crippen LogP contribution in [0.25, 0.3) is 0 Å². The van der Waals surface area contributed by atoms with Crippen LogP contribution >= 0.6 is 23.1 Å². The minimum atomic E-state index is 0.419. The molecule has 102 valence electrons. The lowest BCUT2D eigenvalue weighted by Crippen LogP contribution is -2.31. The Bertz CT molecular complexity index is 361. The van der Waals surface area contributed by atoms with Gasteiger partial charge in [-0.3, -0.25) is 0 Å². The standard InChI is InChI=1S/C13H23N3S2/c1-4-6-14-10(2)12-8-15-13(18-12)16(3)11-5-7-17-9-11/h8,10-11,14H,4-7,9H2,1-3H3. The molecule has 5 heteroatoms. The molecule has 18 heavy (non-hydrogen) atoms. The summed E-state index contributed by atoms with van der Waals surface area (Å²) in [6.45, 7) is 5.49. The maximum Gasteiger partial charge on any atom is 0.185 e. The van der Waals surface area contributed by atoms with Crippen molar-refractivity contribution >= 4 is 28.2 Å². The zero-order valence-electron chi connectivity index (χ0n) is 11.5. The second-order valence-electron chi connectivity index (χ2n) is 4.85. The molecule has 2 heterocycles. The molecule has 1 fully saturated rings. The zero-order chi connectivity index (χ0) is 13.0. The molecule has 0 amide bonds. The van der Waals surface area contributed by atoms with Gasteiger partial charge in [-0.1, -0.05) is 6.92 Å². The summed E-state index contributed by atoms with van der Waals surface area (Å²) in [4.78, 5) is 8.29. The van der Waals surface area contributed by atoms with Gasteiger partial charge in [0, 0.05) is 36.0 Å². The first-order chi connectivity index (χ1) is 8.72. The summed E-state index contributed by atoms with van der Waals surface area (Å²) in [6.07, 6.45) is 4.50. The molecule has 1 aromatic rings. The number of thioether (sulfide) groups is 1. The van der Waals surface area contributed by atoms with Crippen molar-refractivity contribution in [3.8, 4) is 0 Å². The molecule has 0 aliphatic carbocycles. The molecule has 2 atom stereocenters. The van der Waals surface area contributed by atoms with Crippen LogP contribution in [0.1, 0.15) is 37.6 Å². The molecule has 0 saturated carbocycles. The Morgan fingerprint density at radius 3 is 3.11 bits per heavy atom. The summed E-state index contributed by atoms with van der Waals surface area (Å²) in [5, 5.41) is 4.69. The van der Waals surface area contributed by atoms with E-state index in [1.807, 2.05) is 17.5 Å². The normalized spacial score (nSPS) is 21.2. The third-order valence-corrected chi connectivity index (χ3v) is 5.81. The van der Waals surface area contributed by atoms with Crippen molar-refractivity contribution in [2.75, 3.05) is 30.0 Å². The van der Waals surface area contributed by atoms with Gasteiger partial charge in [0.05, 0.1) is 0 Å². The fourth-order valence-corrected chi connectivity index (χ4v) is 4.33. The van der Waals surface area contributed by atoms with Gasteiger partial charge in [-0.25, -0.2) is 4.98 Å². The second-order valence-corrected chi connectivity index (χ2v) is 7.04.